The molecule has 0 amide bonds. The Bertz CT molecular complexity index is 401. The summed E-state index contributed by atoms with van der Waals surface area (Å²) in [6.45, 7) is 4.87. The smallest absolute Gasteiger partial charge is 0.211 e. The maximum Gasteiger partial charge on any atom is 0.211 e. The minimum Gasteiger partial charge on any atom is -0.393 e. The van der Waals surface area contributed by atoms with Crippen LogP contribution in [0.4, 0.5) is 0 Å². The summed E-state index contributed by atoms with van der Waals surface area (Å²) in [6.07, 6.45) is 2.74. The maximum atomic E-state index is 11.4. The fraction of sp³-hybridized carbons (Fsp3) is 1.00. The molecule has 0 spiro atoms. The van der Waals surface area contributed by atoms with E-state index in [0.29, 0.717) is 26.3 Å². The zero-order chi connectivity index (χ0) is 14.6. The first-order valence-corrected chi connectivity index (χ1v) is 9.16. The minimum absolute atomic E-state index is 0.112. The number of aliphatic hydroxyl groups is 1. The summed E-state index contributed by atoms with van der Waals surface area (Å²) < 4.78 is 31.0. The van der Waals surface area contributed by atoms with Crippen LogP contribution in [-0.2, 0) is 14.8 Å². The van der Waals surface area contributed by atoms with Gasteiger partial charge in [-0.1, -0.05) is 6.42 Å². The second-order valence-corrected chi connectivity index (χ2v) is 7.73. The van der Waals surface area contributed by atoms with Gasteiger partial charge in [0.25, 0.3) is 0 Å². The van der Waals surface area contributed by atoms with Gasteiger partial charge in [0.2, 0.25) is 10.0 Å². The summed E-state index contributed by atoms with van der Waals surface area (Å²) in [5, 5.41) is 10.1. The molecule has 0 aromatic carbocycles. The van der Waals surface area contributed by atoms with Crippen LogP contribution in [0.3, 0.4) is 0 Å². The van der Waals surface area contributed by atoms with Gasteiger partial charge in [0, 0.05) is 31.6 Å². The van der Waals surface area contributed by atoms with Crippen LogP contribution in [0.25, 0.3) is 0 Å². The Balaban J connectivity index is 1.87. The summed E-state index contributed by atoms with van der Waals surface area (Å²) in [4.78, 5) is 2.26. The van der Waals surface area contributed by atoms with Gasteiger partial charge in [0.15, 0.2) is 0 Å². The Kier molecular flexibility index (Phi) is 5.80. The lowest BCUT2D eigenvalue weighted by Crippen LogP contribution is -2.53. The van der Waals surface area contributed by atoms with Gasteiger partial charge in [-0.3, -0.25) is 4.90 Å². The van der Waals surface area contributed by atoms with E-state index in [4.69, 9.17) is 4.74 Å². The molecule has 6 nitrogen and oxygen atoms in total. The predicted molar refractivity (Wildman–Crippen MR) is 77.0 cm³/mol. The van der Waals surface area contributed by atoms with Crippen LogP contribution in [0.2, 0.25) is 0 Å². The van der Waals surface area contributed by atoms with E-state index in [1.807, 2.05) is 0 Å². The molecule has 0 aromatic heterocycles. The monoisotopic (exact) mass is 306 g/mol. The van der Waals surface area contributed by atoms with Crippen molar-refractivity contribution < 1.29 is 18.3 Å². The molecule has 2 N–H and O–H groups in total. The normalized spacial score (nSPS) is 32.6. The maximum absolute atomic E-state index is 11.4. The second-order valence-electron chi connectivity index (χ2n) is 5.64. The Morgan fingerprint density at radius 1 is 1.40 bits per heavy atom. The van der Waals surface area contributed by atoms with Crippen LogP contribution in [0.1, 0.15) is 26.2 Å². The number of nitrogens with one attached hydrogen (secondary N) is 1. The Morgan fingerprint density at radius 2 is 2.20 bits per heavy atom. The van der Waals surface area contributed by atoms with Gasteiger partial charge >= 0.3 is 0 Å². The predicted octanol–water partition coefficient (Wildman–Crippen LogP) is -0.212. The molecule has 3 atom stereocenters. The standard InChI is InChI=1S/C13H26N2O4S/c1-2-20(17,18)14-6-7-15-8-9-19-10-12(15)11-4-3-5-13(11)16/h11-14,16H,2-10H2,1H3/t11-,12+,13-/m0/s1. The number of ether oxygens (including phenoxy) is 1. The number of rotatable bonds is 6. The van der Waals surface area contributed by atoms with E-state index in [2.05, 4.69) is 9.62 Å². The van der Waals surface area contributed by atoms with Crippen LogP contribution in [0, 0.1) is 5.92 Å². The molecule has 1 saturated carbocycles. The van der Waals surface area contributed by atoms with E-state index >= 15 is 0 Å². The second kappa shape index (κ2) is 7.17. The molecule has 118 valence electrons. The number of hydrogen-bond donors (Lipinski definition) is 2. The molecule has 0 aromatic rings. The summed E-state index contributed by atoms with van der Waals surface area (Å²) in [6, 6.07) is 0.215. The van der Waals surface area contributed by atoms with Gasteiger partial charge in [-0.05, 0) is 19.8 Å². The lowest BCUT2D eigenvalue weighted by molar-refractivity contribution is -0.0488. The zero-order valence-corrected chi connectivity index (χ0v) is 12.9. The third-order valence-electron chi connectivity index (χ3n) is 4.41. The molecule has 0 bridgehead atoms. The van der Waals surface area contributed by atoms with Gasteiger partial charge < -0.3 is 9.84 Å². The van der Waals surface area contributed by atoms with Crippen molar-refractivity contribution in [2.24, 2.45) is 5.92 Å². The summed E-state index contributed by atoms with van der Waals surface area (Å²) in [5.74, 6) is 0.374. The molecule has 1 aliphatic heterocycles. The first-order valence-electron chi connectivity index (χ1n) is 7.50. The van der Waals surface area contributed by atoms with Crippen molar-refractivity contribution in [3.8, 4) is 0 Å². The molecule has 1 heterocycles. The minimum atomic E-state index is -3.12. The fourth-order valence-electron chi connectivity index (χ4n) is 3.19. The topological polar surface area (TPSA) is 78.9 Å². The zero-order valence-electron chi connectivity index (χ0n) is 12.1. The molecular weight excluding hydrogens is 280 g/mol. The van der Waals surface area contributed by atoms with E-state index in [9.17, 15) is 13.5 Å². The molecule has 0 unspecified atom stereocenters. The molecule has 0 radical (unpaired) electrons. The molecule has 2 aliphatic rings. The van der Waals surface area contributed by atoms with Crippen molar-refractivity contribution in [1.82, 2.24) is 9.62 Å². The lowest BCUT2D eigenvalue weighted by atomic mass is 9.94. The van der Waals surface area contributed by atoms with Gasteiger partial charge in [0.1, 0.15) is 0 Å². The van der Waals surface area contributed by atoms with Gasteiger partial charge in [-0.2, -0.15) is 0 Å². The average molecular weight is 306 g/mol. The Labute approximate surface area is 121 Å². The molecule has 1 aliphatic carbocycles. The number of morpholine rings is 1. The van der Waals surface area contributed by atoms with Gasteiger partial charge in [-0.15, -0.1) is 0 Å². The summed E-state index contributed by atoms with van der Waals surface area (Å²) >= 11 is 0. The van der Waals surface area contributed by atoms with Crippen LogP contribution in [0.15, 0.2) is 0 Å². The average Bonchev–Trinajstić information content (AvgIpc) is 2.85. The quantitative estimate of drug-likeness (QED) is 0.710. The summed E-state index contributed by atoms with van der Waals surface area (Å²) in [5.41, 5.74) is 0. The van der Waals surface area contributed by atoms with Crippen molar-refractivity contribution in [3.63, 3.8) is 0 Å². The third-order valence-corrected chi connectivity index (χ3v) is 5.81. The fourth-order valence-corrected chi connectivity index (χ4v) is 3.80. The highest BCUT2D eigenvalue weighted by Gasteiger charge is 2.37. The first-order chi connectivity index (χ1) is 9.53. The van der Waals surface area contributed by atoms with Crippen molar-refractivity contribution in [3.05, 3.63) is 0 Å². The largest absolute Gasteiger partial charge is 0.393 e. The van der Waals surface area contributed by atoms with Crippen LogP contribution in [-0.4, -0.2) is 69.2 Å². The van der Waals surface area contributed by atoms with E-state index in [-0.39, 0.29) is 23.8 Å². The van der Waals surface area contributed by atoms with Crippen molar-refractivity contribution in [2.45, 2.75) is 38.3 Å². The van der Waals surface area contributed by atoms with E-state index < -0.39 is 10.0 Å². The number of hydrogen-bond acceptors (Lipinski definition) is 5. The molecule has 20 heavy (non-hydrogen) atoms. The van der Waals surface area contributed by atoms with Crippen molar-refractivity contribution in [1.29, 1.82) is 0 Å². The lowest BCUT2D eigenvalue weighted by Gasteiger charge is -2.40. The Hall–Kier alpha value is -0.210. The highest BCUT2D eigenvalue weighted by Crippen LogP contribution is 2.31. The number of aliphatic hydroxyl groups excluding tert-OH is 1. The van der Waals surface area contributed by atoms with E-state index in [1.54, 1.807) is 6.92 Å². The summed E-state index contributed by atoms with van der Waals surface area (Å²) in [7, 11) is -3.12. The number of sulfonamides is 1. The molecule has 1 saturated heterocycles. The van der Waals surface area contributed by atoms with Crippen LogP contribution < -0.4 is 4.72 Å². The van der Waals surface area contributed by atoms with E-state index in [1.165, 1.54) is 0 Å². The first kappa shape index (κ1) is 16.2. The van der Waals surface area contributed by atoms with Gasteiger partial charge in [0.05, 0.1) is 25.1 Å². The number of nitrogens with zero attached hydrogens (tertiary/aromatic N) is 1. The third kappa shape index (κ3) is 4.14. The SMILES string of the molecule is CCS(=O)(=O)NCCN1CCOC[C@@H]1[C@@H]1CCC[C@@H]1O. The molecule has 2 fully saturated rings. The van der Waals surface area contributed by atoms with E-state index in [0.717, 1.165) is 25.8 Å². The molecule has 7 heteroatoms. The van der Waals surface area contributed by atoms with Gasteiger partial charge in [-0.25, -0.2) is 13.1 Å². The van der Waals surface area contributed by atoms with Crippen LogP contribution in [0.5, 0.6) is 0 Å². The highest BCUT2D eigenvalue weighted by molar-refractivity contribution is 7.89. The van der Waals surface area contributed by atoms with Crippen LogP contribution >= 0.6 is 0 Å². The molecular formula is C13H26N2O4S. The van der Waals surface area contributed by atoms with Crippen molar-refractivity contribution >= 4 is 10.0 Å². The Morgan fingerprint density at radius 3 is 2.85 bits per heavy atom. The van der Waals surface area contributed by atoms with Crippen molar-refractivity contribution in [2.75, 3.05) is 38.6 Å². The molecule has 2 rings (SSSR count). The highest BCUT2D eigenvalue weighted by atomic mass is 32.2.